The van der Waals surface area contributed by atoms with Crippen molar-refractivity contribution in [2.24, 2.45) is 5.73 Å². The molecule has 0 spiro atoms. The Labute approximate surface area is 179 Å². The van der Waals surface area contributed by atoms with E-state index in [4.69, 9.17) is 14.9 Å². The Bertz CT molecular complexity index is 1300. The number of allylic oxidation sites excluding steroid dienone is 2. The number of fused-ring (bicyclic) bond motifs is 1. The minimum absolute atomic E-state index is 0.0111. The van der Waals surface area contributed by atoms with E-state index in [1.807, 2.05) is 0 Å². The SMILES string of the molecule is CC1(Oc2ccc(C(=O)Nc3c(C(N)=O)oc4ccc(F)cc34)cn2)CC=C(F)C=C1F. The van der Waals surface area contributed by atoms with Crippen LogP contribution in [0.15, 0.2) is 64.8 Å². The van der Waals surface area contributed by atoms with Crippen LogP contribution in [0.3, 0.4) is 0 Å². The van der Waals surface area contributed by atoms with Gasteiger partial charge in [0.2, 0.25) is 11.6 Å². The molecule has 0 bridgehead atoms. The summed E-state index contributed by atoms with van der Waals surface area (Å²) in [6.45, 7) is 1.44. The van der Waals surface area contributed by atoms with Gasteiger partial charge in [0, 0.05) is 30.1 Å². The number of primary amides is 1. The molecule has 1 unspecified atom stereocenters. The van der Waals surface area contributed by atoms with E-state index in [2.05, 4.69) is 10.3 Å². The molecule has 7 nitrogen and oxygen atoms in total. The van der Waals surface area contributed by atoms with Crippen LogP contribution in [0, 0.1) is 5.82 Å². The third kappa shape index (κ3) is 3.94. The van der Waals surface area contributed by atoms with Crippen molar-refractivity contribution in [2.45, 2.75) is 18.9 Å². The minimum atomic E-state index is -1.43. The molecule has 0 fully saturated rings. The molecule has 0 aliphatic heterocycles. The van der Waals surface area contributed by atoms with E-state index < -0.39 is 34.9 Å². The molecule has 1 aliphatic rings. The first kappa shape index (κ1) is 21.2. The molecule has 2 aromatic heterocycles. The molecule has 3 N–H and O–H groups in total. The molecule has 0 saturated heterocycles. The largest absolute Gasteiger partial charge is 0.464 e. The number of amides is 2. The monoisotopic (exact) mass is 443 g/mol. The Hall–Kier alpha value is -4.08. The molecule has 2 heterocycles. The van der Waals surface area contributed by atoms with Gasteiger partial charge in [0.15, 0.2) is 5.60 Å². The fraction of sp³-hybridized carbons (Fsp3) is 0.136. The summed E-state index contributed by atoms with van der Waals surface area (Å²) in [5, 5.41) is 2.64. The molecule has 1 atom stereocenters. The van der Waals surface area contributed by atoms with Crippen molar-refractivity contribution in [3.8, 4) is 5.88 Å². The number of ether oxygens (including phenoxy) is 1. The number of hydrogen-bond donors (Lipinski definition) is 2. The molecule has 0 radical (unpaired) electrons. The number of carbonyl (C=O) groups is 2. The fourth-order valence-corrected chi connectivity index (χ4v) is 3.17. The number of hydrogen-bond acceptors (Lipinski definition) is 5. The van der Waals surface area contributed by atoms with Crippen molar-refractivity contribution in [3.05, 3.63) is 77.5 Å². The Balaban J connectivity index is 1.56. The molecule has 10 heteroatoms. The topological polar surface area (TPSA) is 107 Å². The highest BCUT2D eigenvalue weighted by Gasteiger charge is 2.34. The van der Waals surface area contributed by atoms with E-state index in [0.717, 1.165) is 18.2 Å². The van der Waals surface area contributed by atoms with Crippen LogP contribution in [-0.2, 0) is 0 Å². The van der Waals surface area contributed by atoms with Crippen LogP contribution >= 0.6 is 0 Å². The molecule has 4 rings (SSSR count). The van der Waals surface area contributed by atoms with Crippen LogP contribution in [0.5, 0.6) is 5.88 Å². The summed E-state index contributed by atoms with van der Waals surface area (Å²) in [7, 11) is 0. The number of furan rings is 1. The Morgan fingerprint density at radius 1 is 1.22 bits per heavy atom. The zero-order chi connectivity index (χ0) is 23.0. The van der Waals surface area contributed by atoms with E-state index in [9.17, 15) is 22.8 Å². The van der Waals surface area contributed by atoms with Crippen molar-refractivity contribution >= 4 is 28.5 Å². The van der Waals surface area contributed by atoms with E-state index in [-0.39, 0.29) is 40.3 Å². The molecule has 3 aromatic rings. The smallest absolute Gasteiger partial charge is 0.286 e. The number of carbonyl (C=O) groups excluding carboxylic acids is 2. The predicted molar refractivity (Wildman–Crippen MR) is 109 cm³/mol. The Morgan fingerprint density at radius 3 is 2.66 bits per heavy atom. The van der Waals surface area contributed by atoms with Crippen LogP contribution < -0.4 is 15.8 Å². The lowest BCUT2D eigenvalue weighted by Gasteiger charge is -2.29. The van der Waals surface area contributed by atoms with Gasteiger partial charge in [-0.3, -0.25) is 9.59 Å². The number of nitrogens with one attached hydrogen (secondary N) is 1. The molecule has 2 amide bonds. The van der Waals surface area contributed by atoms with Gasteiger partial charge in [-0.15, -0.1) is 0 Å². The van der Waals surface area contributed by atoms with Crippen molar-refractivity contribution in [1.82, 2.24) is 4.98 Å². The molecule has 1 aliphatic carbocycles. The first-order chi connectivity index (χ1) is 15.2. The zero-order valence-corrected chi connectivity index (χ0v) is 16.6. The maximum atomic E-state index is 14.1. The fourth-order valence-electron chi connectivity index (χ4n) is 3.17. The number of aromatic nitrogens is 1. The average molecular weight is 443 g/mol. The lowest BCUT2D eigenvalue weighted by Crippen LogP contribution is -2.34. The van der Waals surface area contributed by atoms with Crippen LogP contribution in [0.1, 0.15) is 34.3 Å². The van der Waals surface area contributed by atoms with Gasteiger partial charge >= 0.3 is 0 Å². The summed E-state index contributed by atoms with van der Waals surface area (Å²) in [4.78, 5) is 28.4. The van der Waals surface area contributed by atoms with Gasteiger partial charge in [-0.2, -0.15) is 0 Å². The number of nitrogens with zero attached hydrogens (tertiary/aromatic N) is 1. The highest BCUT2D eigenvalue weighted by molar-refractivity contribution is 6.14. The average Bonchev–Trinajstić information content (AvgIpc) is 3.10. The number of pyridine rings is 1. The van der Waals surface area contributed by atoms with E-state index in [1.54, 1.807) is 0 Å². The number of rotatable bonds is 5. The molecule has 32 heavy (non-hydrogen) atoms. The van der Waals surface area contributed by atoms with Gasteiger partial charge in [0.25, 0.3) is 11.8 Å². The van der Waals surface area contributed by atoms with Gasteiger partial charge in [-0.1, -0.05) is 0 Å². The normalized spacial score (nSPS) is 18.1. The summed E-state index contributed by atoms with van der Waals surface area (Å²) in [6.07, 6.45) is 3.06. The van der Waals surface area contributed by atoms with Gasteiger partial charge in [0.05, 0.1) is 5.56 Å². The van der Waals surface area contributed by atoms with Crippen molar-refractivity contribution < 1.29 is 31.9 Å². The van der Waals surface area contributed by atoms with E-state index >= 15 is 0 Å². The van der Waals surface area contributed by atoms with Gasteiger partial charge in [0.1, 0.15) is 28.7 Å². The quantitative estimate of drug-likeness (QED) is 0.601. The number of halogens is 3. The van der Waals surface area contributed by atoms with Gasteiger partial charge in [-0.25, -0.2) is 18.2 Å². The molecule has 0 saturated carbocycles. The summed E-state index contributed by atoms with van der Waals surface area (Å²) in [5.41, 5.74) is 4.03. The van der Waals surface area contributed by atoms with E-state index in [0.29, 0.717) is 0 Å². The summed E-state index contributed by atoms with van der Waals surface area (Å²) in [5.74, 6) is -4.03. The second-order valence-electron chi connectivity index (χ2n) is 7.27. The molecular formula is C22H16F3N3O4. The maximum Gasteiger partial charge on any atom is 0.286 e. The lowest BCUT2D eigenvalue weighted by molar-refractivity contribution is 0.0953. The molecule has 164 valence electrons. The highest BCUT2D eigenvalue weighted by Crippen LogP contribution is 2.34. The number of anilines is 1. The van der Waals surface area contributed by atoms with E-state index in [1.165, 1.54) is 37.4 Å². The first-order valence-corrected chi connectivity index (χ1v) is 9.38. The third-order valence-electron chi connectivity index (χ3n) is 4.90. The Morgan fingerprint density at radius 2 is 2.00 bits per heavy atom. The highest BCUT2D eigenvalue weighted by atomic mass is 19.1. The summed E-state index contributed by atoms with van der Waals surface area (Å²) >= 11 is 0. The number of benzene rings is 1. The van der Waals surface area contributed by atoms with Gasteiger partial charge < -0.3 is 20.2 Å². The predicted octanol–water partition coefficient (Wildman–Crippen LogP) is 4.57. The maximum absolute atomic E-state index is 14.1. The number of nitrogens with two attached hydrogens (primary N) is 1. The van der Waals surface area contributed by atoms with Crippen LogP contribution in [0.2, 0.25) is 0 Å². The van der Waals surface area contributed by atoms with Crippen LogP contribution in [-0.4, -0.2) is 22.4 Å². The summed E-state index contributed by atoms with van der Waals surface area (Å²) < 4.78 is 51.8. The van der Waals surface area contributed by atoms with Crippen LogP contribution in [0.25, 0.3) is 11.0 Å². The minimum Gasteiger partial charge on any atom is -0.464 e. The van der Waals surface area contributed by atoms with Crippen LogP contribution in [0.4, 0.5) is 18.9 Å². The zero-order valence-electron chi connectivity index (χ0n) is 16.6. The van der Waals surface area contributed by atoms with Crippen molar-refractivity contribution in [3.63, 3.8) is 0 Å². The second kappa shape index (κ2) is 7.88. The lowest BCUT2D eigenvalue weighted by atomic mass is 9.95. The second-order valence-corrected chi connectivity index (χ2v) is 7.27. The first-order valence-electron chi connectivity index (χ1n) is 9.38. The van der Waals surface area contributed by atoms with Crippen molar-refractivity contribution in [1.29, 1.82) is 0 Å². The third-order valence-corrected chi connectivity index (χ3v) is 4.90. The van der Waals surface area contributed by atoms with Gasteiger partial charge in [-0.05, 0) is 37.3 Å². The molecular weight excluding hydrogens is 427 g/mol. The summed E-state index contributed by atoms with van der Waals surface area (Å²) in [6, 6.07) is 6.24. The Kier molecular flexibility index (Phi) is 5.21. The van der Waals surface area contributed by atoms with Crippen molar-refractivity contribution in [2.75, 3.05) is 5.32 Å². The standard InChI is InChI=1S/C22H16F3N3O4/c1-22(7-6-13(24)9-16(22)25)32-17-5-2-11(10-27-17)21(30)28-18-14-8-12(23)3-4-15(14)31-19(18)20(26)29/h2-6,8-10H,7H2,1H3,(H2,26,29)(H,28,30). The molecule has 1 aromatic carbocycles.